The van der Waals surface area contributed by atoms with E-state index in [0.717, 1.165) is 31.9 Å². The van der Waals surface area contributed by atoms with E-state index < -0.39 is 0 Å². The van der Waals surface area contributed by atoms with Gasteiger partial charge in [0.2, 0.25) is 0 Å². The Labute approximate surface area is 83.5 Å². The van der Waals surface area contributed by atoms with Crippen molar-refractivity contribution in [1.29, 1.82) is 0 Å². The first kappa shape index (κ1) is 9.15. The van der Waals surface area contributed by atoms with Crippen molar-refractivity contribution in [3.63, 3.8) is 0 Å². The Morgan fingerprint density at radius 1 is 1.43 bits per heavy atom. The fourth-order valence-electron chi connectivity index (χ4n) is 1.42. The molecular weight excluding hydrogens is 176 g/mol. The van der Waals surface area contributed by atoms with Crippen LogP contribution in [0.3, 0.4) is 0 Å². The van der Waals surface area contributed by atoms with Crippen LogP contribution in [0.15, 0.2) is 30.2 Å². The molecule has 0 atom stereocenters. The zero-order chi connectivity index (χ0) is 9.64. The lowest BCUT2D eigenvalue weighted by atomic mass is 10.1. The molecule has 4 nitrogen and oxygen atoms in total. The summed E-state index contributed by atoms with van der Waals surface area (Å²) in [4.78, 5) is 8.14. The molecule has 0 saturated carbocycles. The summed E-state index contributed by atoms with van der Waals surface area (Å²) in [5.41, 5.74) is 1.44. The Morgan fingerprint density at radius 2 is 2.43 bits per heavy atom. The van der Waals surface area contributed by atoms with Crippen molar-refractivity contribution < 1.29 is 0 Å². The van der Waals surface area contributed by atoms with E-state index in [4.69, 9.17) is 0 Å². The monoisotopic (exact) mass is 190 g/mol. The minimum absolute atomic E-state index is 0.840. The third-order valence-corrected chi connectivity index (χ3v) is 2.22. The van der Waals surface area contributed by atoms with Crippen molar-refractivity contribution in [3.05, 3.63) is 30.2 Å². The Balaban J connectivity index is 1.85. The van der Waals surface area contributed by atoms with Crippen LogP contribution in [0.1, 0.15) is 6.42 Å². The molecule has 0 aliphatic carbocycles. The van der Waals surface area contributed by atoms with Gasteiger partial charge in [-0.3, -0.25) is 4.98 Å². The van der Waals surface area contributed by atoms with Crippen molar-refractivity contribution in [2.75, 3.05) is 25.0 Å². The van der Waals surface area contributed by atoms with Gasteiger partial charge in [-0.15, -0.1) is 0 Å². The number of anilines is 1. The Hall–Kier alpha value is -1.42. The number of hydrogen-bond donors (Lipinski definition) is 2. The largest absolute Gasteiger partial charge is 0.365 e. The van der Waals surface area contributed by atoms with Crippen LogP contribution in [-0.2, 0) is 0 Å². The SMILES string of the molecule is C1=C(CNc2cnccn2)CCNC1. The first-order chi connectivity index (χ1) is 6.95. The molecule has 74 valence electrons. The molecule has 2 N–H and O–H groups in total. The first-order valence-electron chi connectivity index (χ1n) is 4.83. The number of rotatable bonds is 3. The molecule has 0 spiro atoms. The molecule has 1 aromatic heterocycles. The molecule has 0 bridgehead atoms. The van der Waals surface area contributed by atoms with E-state index in [1.807, 2.05) is 0 Å². The third-order valence-electron chi connectivity index (χ3n) is 2.22. The van der Waals surface area contributed by atoms with Gasteiger partial charge in [0.05, 0.1) is 6.20 Å². The van der Waals surface area contributed by atoms with E-state index in [1.165, 1.54) is 5.57 Å². The quantitative estimate of drug-likeness (QED) is 0.692. The summed E-state index contributed by atoms with van der Waals surface area (Å²) < 4.78 is 0. The standard InChI is InChI=1S/C10H14N4/c1-3-11-4-2-9(1)7-14-10-8-12-5-6-13-10/h1,5-6,8,11H,2-4,7H2,(H,13,14). The molecule has 0 saturated heterocycles. The van der Waals surface area contributed by atoms with Gasteiger partial charge >= 0.3 is 0 Å². The van der Waals surface area contributed by atoms with Gasteiger partial charge < -0.3 is 10.6 Å². The second-order valence-corrected chi connectivity index (χ2v) is 3.26. The highest BCUT2D eigenvalue weighted by molar-refractivity contribution is 5.32. The Kier molecular flexibility index (Phi) is 3.08. The molecule has 2 heterocycles. The number of nitrogens with zero attached hydrogens (tertiary/aromatic N) is 2. The number of nitrogens with one attached hydrogen (secondary N) is 2. The summed E-state index contributed by atoms with van der Waals surface area (Å²) in [6, 6.07) is 0. The van der Waals surface area contributed by atoms with Crippen molar-refractivity contribution in [2.24, 2.45) is 0 Å². The highest BCUT2D eigenvalue weighted by atomic mass is 15.0. The van der Waals surface area contributed by atoms with Crippen molar-refractivity contribution in [1.82, 2.24) is 15.3 Å². The topological polar surface area (TPSA) is 49.8 Å². The lowest BCUT2D eigenvalue weighted by Crippen LogP contribution is -2.23. The second kappa shape index (κ2) is 4.72. The Bertz CT molecular complexity index is 307. The summed E-state index contributed by atoms with van der Waals surface area (Å²) in [5, 5.41) is 6.53. The van der Waals surface area contributed by atoms with Gasteiger partial charge in [0.25, 0.3) is 0 Å². The van der Waals surface area contributed by atoms with E-state index in [9.17, 15) is 0 Å². The predicted molar refractivity (Wildman–Crippen MR) is 56.1 cm³/mol. The van der Waals surface area contributed by atoms with E-state index in [-0.39, 0.29) is 0 Å². The van der Waals surface area contributed by atoms with Gasteiger partial charge in [-0.25, -0.2) is 4.98 Å². The molecule has 0 radical (unpaired) electrons. The molecule has 2 rings (SSSR count). The van der Waals surface area contributed by atoms with E-state index >= 15 is 0 Å². The minimum Gasteiger partial charge on any atom is -0.365 e. The maximum atomic E-state index is 4.15. The van der Waals surface area contributed by atoms with Crippen LogP contribution in [0.25, 0.3) is 0 Å². The summed E-state index contributed by atoms with van der Waals surface area (Å²) in [5.74, 6) is 0.840. The smallest absolute Gasteiger partial charge is 0.144 e. The van der Waals surface area contributed by atoms with E-state index in [2.05, 4.69) is 26.7 Å². The molecule has 0 amide bonds. The fraction of sp³-hybridized carbons (Fsp3) is 0.400. The third kappa shape index (κ3) is 2.53. The predicted octanol–water partition coefficient (Wildman–Crippen LogP) is 0.808. The number of aromatic nitrogens is 2. The fourth-order valence-corrected chi connectivity index (χ4v) is 1.42. The molecular formula is C10H14N4. The molecule has 0 aromatic carbocycles. The maximum Gasteiger partial charge on any atom is 0.144 e. The normalized spacial score (nSPS) is 16.1. The lowest BCUT2D eigenvalue weighted by molar-refractivity contribution is 0.697. The Morgan fingerprint density at radius 3 is 3.14 bits per heavy atom. The molecule has 1 aliphatic heterocycles. The summed E-state index contributed by atoms with van der Waals surface area (Å²) in [7, 11) is 0. The zero-order valence-electron chi connectivity index (χ0n) is 8.03. The van der Waals surface area contributed by atoms with Gasteiger partial charge in [-0.1, -0.05) is 11.6 Å². The minimum atomic E-state index is 0.840. The van der Waals surface area contributed by atoms with Gasteiger partial charge in [0, 0.05) is 25.5 Å². The average Bonchev–Trinajstić information content (AvgIpc) is 2.29. The lowest BCUT2D eigenvalue weighted by Gasteiger charge is -2.14. The van der Waals surface area contributed by atoms with Gasteiger partial charge in [0.1, 0.15) is 5.82 Å². The van der Waals surface area contributed by atoms with Crippen LogP contribution in [0.2, 0.25) is 0 Å². The highest BCUT2D eigenvalue weighted by Gasteiger charge is 2.02. The van der Waals surface area contributed by atoms with Crippen molar-refractivity contribution in [3.8, 4) is 0 Å². The van der Waals surface area contributed by atoms with E-state index in [1.54, 1.807) is 18.6 Å². The van der Waals surface area contributed by atoms with Crippen molar-refractivity contribution >= 4 is 5.82 Å². The van der Waals surface area contributed by atoms with Crippen molar-refractivity contribution in [2.45, 2.75) is 6.42 Å². The first-order valence-corrected chi connectivity index (χ1v) is 4.83. The highest BCUT2D eigenvalue weighted by Crippen LogP contribution is 2.05. The van der Waals surface area contributed by atoms with Crippen LogP contribution in [0.5, 0.6) is 0 Å². The molecule has 0 unspecified atom stereocenters. The summed E-state index contributed by atoms with van der Waals surface area (Å²) in [6.45, 7) is 2.94. The van der Waals surface area contributed by atoms with Crippen LogP contribution in [-0.4, -0.2) is 29.6 Å². The van der Waals surface area contributed by atoms with Crippen LogP contribution < -0.4 is 10.6 Å². The van der Waals surface area contributed by atoms with Gasteiger partial charge in [-0.2, -0.15) is 0 Å². The number of hydrogen-bond acceptors (Lipinski definition) is 4. The molecule has 4 heteroatoms. The summed E-state index contributed by atoms with van der Waals surface area (Å²) in [6.07, 6.45) is 8.45. The average molecular weight is 190 g/mol. The van der Waals surface area contributed by atoms with Crippen LogP contribution in [0, 0.1) is 0 Å². The zero-order valence-corrected chi connectivity index (χ0v) is 8.03. The second-order valence-electron chi connectivity index (χ2n) is 3.26. The maximum absolute atomic E-state index is 4.15. The molecule has 1 aromatic rings. The molecule has 14 heavy (non-hydrogen) atoms. The molecule has 0 fully saturated rings. The van der Waals surface area contributed by atoms with Crippen LogP contribution >= 0.6 is 0 Å². The van der Waals surface area contributed by atoms with Crippen LogP contribution in [0.4, 0.5) is 5.82 Å². The molecule has 1 aliphatic rings. The van der Waals surface area contributed by atoms with E-state index in [0.29, 0.717) is 0 Å². The van der Waals surface area contributed by atoms with Gasteiger partial charge in [0.15, 0.2) is 0 Å². The summed E-state index contributed by atoms with van der Waals surface area (Å²) >= 11 is 0. The van der Waals surface area contributed by atoms with Gasteiger partial charge in [-0.05, 0) is 13.0 Å².